The molecule has 3 heterocycles. The first-order valence-electron chi connectivity index (χ1n) is 5.99. The molecule has 0 aliphatic carbocycles. The van der Waals surface area contributed by atoms with E-state index in [0.29, 0.717) is 16.8 Å². The third kappa shape index (κ3) is 1.88. The molecule has 6 nitrogen and oxygen atoms in total. The Bertz CT molecular complexity index is 742. The van der Waals surface area contributed by atoms with Gasteiger partial charge in [-0.25, -0.2) is 4.68 Å². The molecule has 3 aromatic rings. The first kappa shape index (κ1) is 12.1. The van der Waals surface area contributed by atoms with Gasteiger partial charge in [-0.2, -0.15) is 24.7 Å². The van der Waals surface area contributed by atoms with Crippen LogP contribution in [0.1, 0.15) is 31.0 Å². The number of rotatable bonds is 2. The van der Waals surface area contributed by atoms with Gasteiger partial charge < -0.3 is 0 Å². The van der Waals surface area contributed by atoms with Crippen molar-refractivity contribution < 1.29 is 0 Å². The Hall–Kier alpha value is -1.95. The number of nitrogens with zero attached hydrogens (tertiary/aromatic N) is 6. The zero-order valence-electron chi connectivity index (χ0n) is 10.9. The fourth-order valence-corrected chi connectivity index (χ4v) is 2.08. The van der Waals surface area contributed by atoms with Crippen molar-refractivity contribution in [2.75, 3.05) is 0 Å². The van der Waals surface area contributed by atoms with Crippen molar-refractivity contribution in [1.82, 2.24) is 29.4 Å². The van der Waals surface area contributed by atoms with E-state index in [2.05, 4.69) is 34.0 Å². The Morgan fingerprint density at radius 1 is 1.32 bits per heavy atom. The summed E-state index contributed by atoms with van der Waals surface area (Å²) in [4.78, 5) is 8.24. The highest BCUT2D eigenvalue weighted by Gasteiger charge is 2.15. The second kappa shape index (κ2) is 4.31. The predicted molar refractivity (Wildman–Crippen MR) is 71.7 cm³/mol. The van der Waals surface area contributed by atoms with E-state index >= 15 is 0 Å². The van der Waals surface area contributed by atoms with Crippen LogP contribution in [0.15, 0.2) is 18.6 Å². The quantitative estimate of drug-likeness (QED) is 0.674. The SMILES string of the molecule is Cc1c(Cl)nc2ncnn2c1-n1ccc(C(C)C)n1. The molecule has 0 unspecified atom stereocenters. The Kier molecular flexibility index (Phi) is 2.74. The lowest BCUT2D eigenvalue weighted by Crippen LogP contribution is -2.09. The van der Waals surface area contributed by atoms with Crippen molar-refractivity contribution >= 4 is 17.4 Å². The lowest BCUT2D eigenvalue weighted by molar-refractivity contribution is 0.728. The van der Waals surface area contributed by atoms with Gasteiger partial charge in [0.05, 0.1) is 5.69 Å². The molecule has 0 atom stereocenters. The number of hydrogen-bond acceptors (Lipinski definition) is 4. The monoisotopic (exact) mass is 276 g/mol. The van der Waals surface area contributed by atoms with Crippen molar-refractivity contribution in [3.63, 3.8) is 0 Å². The van der Waals surface area contributed by atoms with Crippen LogP contribution in [0.5, 0.6) is 0 Å². The normalized spacial score (nSPS) is 11.6. The van der Waals surface area contributed by atoms with Crippen LogP contribution in [-0.4, -0.2) is 29.4 Å². The minimum atomic E-state index is 0.366. The van der Waals surface area contributed by atoms with Gasteiger partial charge in [-0.3, -0.25) is 0 Å². The third-order valence-electron chi connectivity index (χ3n) is 2.99. The molecule has 98 valence electrons. The summed E-state index contributed by atoms with van der Waals surface area (Å²) in [5.74, 6) is 1.59. The molecule has 19 heavy (non-hydrogen) atoms. The molecule has 0 N–H and O–H groups in total. The van der Waals surface area contributed by atoms with Crippen LogP contribution >= 0.6 is 11.6 Å². The van der Waals surface area contributed by atoms with Crippen LogP contribution < -0.4 is 0 Å². The fraction of sp³-hybridized carbons (Fsp3) is 0.333. The molecule has 7 heteroatoms. The maximum atomic E-state index is 6.14. The molecule has 0 amide bonds. The molecule has 0 saturated carbocycles. The first-order valence-corrected chi connectivity index (χ1v) is 6.37. The minimum absolute atomic E-state index is 0.366. The zero-order valence-corrected chi connectivity index (χ0v) is 11.6. The van der Waals surface area contributed by atoms with Gasteiger partial charge in [-0.15, -0.1) is 0 Å². The van der Waals surface area contributed by atoms with E-state index in [9.17, 15) is 0 Å². The molecule has 0 aliphatic rings. The van der Waals surface area contributed by atoms with Crippen molar-refractivity contribution in [1.29, 1.82) is 0 Å². The Morgan fingerprint density at radius 3 is 2.79 bits per heavy atom. The summed E-state index contributed by atoms with van der Waals surface area (Å²) in [6.07, 6.45) is 3.35. The van der Waals surface area contributed by atoms with E-state index in [1.807, 2.05) is 19.2 Å². The molecule has 0 saturated heterocycles. The zero-order chi connectivity index (χ0) is 13.6. The molecule has 0 aliphatic heterocycles. The molecule has 0 fully saturated rings. The predicted octanol–water partition coefficient (Wildman–Crippen LogP) is 2.40. The standard InChI is InChI=1S/C12H13ClN6/c1-7(2)9-4-5-18(17-9)11-8(3)10(13)16-12-14-6-15-19(11)12/h4-7H,1-3H3. The summed E-state index contributed by atoms with van der Waals surface area (Å²) < 4.78 is 3.40. The van der Waals surface area contributed by atoms with Crippen molar-refractivity contribution in [2.45, 2.75) is 26.7 Å². The highest BCUT2D eigenvalue weighted by atomic mass is 35.5. The van der Waals surface area contributed by atoms with Gasteiger partial charge in [0, 0.05) is 11.8 Å². The van der Waals surface area contributed by atoms with E-state index in [1.54, 1.807) is 9.20 Å². The Labute approximate surface area is 115 Å². The van der Waals surface area contributed by atoms with Gasteiger partial charge in [0.15, 0.2) is 5.82 Å². The minimum Gasteiger partial charge on any atom is -0.222 e. The maximum absolute atomic E-state index is 6.14. The van der Waals surface area contributed by atoms with Gasteiger partial charge >= 0.3 is 0 Å². The van der Waals surface area contributed by atoms with Crippen molar-refractivity contribution in [2.24, 2.45) is 0 Å². The molecule has 3 aromatic heterocycles. The third-order valence-corrected chi connectivity index (χ3v) is 3.36. The van der Waals surface area contributed by atoms with Gasteiger partial charge in [0.1, 0.15) is 11.5 Å². The van der Waals surface area contributed by atoms with Crippen LogP contribution in [0.4, 0.5) is 0 Å². The van der Waals surface area contributed by atoms with E-state index in [0.717, 1.165) is 17.1 Å². The fourth-order valence-electron chi connectivity index (χ4n) is 1.92. The van der Waals surface area contributed by atoms with Crippen LogP contribution in [0.2, 0.25) is 5.15 Å². The summed E-state index contributed by atoms with van der Waals surface area (Å²) in [5, 5.41) is 9.14. The molecule has 0 radical (unpaired) electrons. The average Bonchev–Trinajstić information content (AvgIpc) is 2.99. The van der Waals surface area contributed by atoms with Crippen molar-refractivity contribution in [3.05, 3.63) is 35.0 Å². The summed E-state index contributed by atoms with van der Waals surface area (Å²) in [7, 11) is 0. The Morgan fingerprint density at radius 2 is 2.11 bits per heavy atom. The lowest BCUT2D eigenvalue weighted by atomic mass is 10.1. The molecule has 3 rings (SSSR count). The van der Waals surface area contributed by atoms with Crippen LogP contribution in [0.25, 0.3) is 11.6 Å². The van der Waals surface area contributed by atoms with Crippen LogP contribution in [0, 0.1) is 6.92 Å². The number of hydrogen-bond donors (Lipinski definition) is 0. The van der Waals surface area contributed by atoms with Gasteiger partial charge in [-0.05, 0) is 18.9 Å². The molecule has 0 spiro atoms. The topological polar surface area (TPSA) is 60.9 Å². The van der Waals surface area contributed by atoms with Crippen LogP contribution in [-0.2, 0) is 0 Å². The molecule has 0 aromatic carbocycles. The second-order valence-electron chi connectivity index (χ2n) is 4.66. The van der Waals surface area contributed by atoms with Gasteiger partial charge in [0.2, 0.25) is 0 Å². The smallest absolute Gasteiger partial charge is 0.222 e. The Balaban J connectivity index is 2.28. The van der Waals surface area contributed by atoms with E-state index in [-0.39, 0.29) is 0 Å². The maximum Gasteiger partial charge on any atom is 0.255 e. The molecule has 0 bridgehead atoms. The number of halogens is 1. The van der Waals surface area contributed by atoms with E-state index in [1.165, 1.54) is 6.33 Å². The van der Waals surface area contributed by atoms with E-state index < -0.39 is 0 Å². The van der Waals surface area contributed by atoms with Crippen LogP contribution in [0.3, 0.4) is 0 Å². The van der Waals surface area contributed by atoms with Gasteiger partial charge in [-0.1, -0.05) is 25.4 Å². The number of fused-ring (bicyclic) bond motifs is 1. The molecular formula is C12H13ClN6. The highest BCUT2D eigenvalue weighted by molar-refractivity contribution is 6.30. The van der Waals surface area contributed by atoms with Crippen molar-refractivity contribution in [3.8, 4) is 5.82 Å². The molecular weight excluding hydrogens is 264 g/mol. The van der Waals surface area contributed by atoms with E-state index in [4.69, 9.17) is 11.6 Å². The lowest BCUT2D eigenvalue weighted by Gasteiger charge is -2.09. The first-order chi connectivity index (χ1) is 9.08. The average molecular weight is 277 g/mol. The van der Waals surface area contributed by atoms with Gasteiger partial charge in [0.25, 0.3) is 5.78 Å². The second-order valence-corrected chi connectivity index (χ2v) is 5.02. The summed E-state index contributed by atoms with van der Waals surface area (Å²) >= 11 is 6.14. The summed E-state index contributed by atoms with van der Waals surface area (Å²) in [6, 6.07) is 1.99. The highest BCUT2D eigenvalue weighted by Crippen LogP contribution is 2.22. The largest absolute Gasteiger partial charge is 0.255 e. The number of aromatic nitrogens is 6. The summed E-state index contributed by atoms with van der Waals surface area (Å²) in [5.41, 5.74) is 1.83. The summed E-state index contributed by atoms with van der Waals surface area (Å²) in [6.45, 7) is 6.09.